The summed E-state index contributed by atoms with van der Waals surface area (Å²) in [5.41, 5.74) is 8.04. The van der Waals surface area contributed by atoms with Crippen molar-refractivity contribution in [3.05, 3.63) is 29.6 Å². The maximum Gasteiger partial charge on any atom is 0.414 e. The van der Waals surface area contributed by atoms with E-state index in [0.29, 0.717) is 5.69 Å². The molecule has 2 atom stereocenters. The molecule has 0 aromatic heterocycles. The smallest absolute Gasteiger partial charge is 0.414 e. The highest BCUT2D eigenvalue weighted by molar-refractivity contribution is 8.16. The van der Waals surface area contributed by atoms with E-state index in [1.54, 1.807) is 0 Å². The largest absolute Gasteiger partial charge is 0.468 e. The Morgan fingerprint density at radius 1 is 1.54 bits per heavy atom. The SMILES string of the molecule is COC(=O)C1SC(c2ccc(N3C[C@H](CN)OC3=O)cc2F)=NNC1=O. The molecule has 0 saturated carbocycles. The van der Waals surface area contributed by atoms with E-state index in [0.717, 1.165) is 24.9 Å². The van der Waals surface area contributed by atoms with Crippen LogP contribution in [0.25, 0.3) is 0 Å². The average Bonchev–Trinajstić information content (AvgIpc) is 3.02. The number of nitrogens with one attached hydrogen (secondary N) is 1. The maximum atomic E-state index is 14.6. The third-order valence-electron chi connectivity index (χ3n) is 3.78. The number of hydrogen-bond donors (Lipinski definition) is 2. The summed E-state index contributed by atoms with van der Waals surface area (Å²) in [6, 6.07) is 4.08. The number of anilines is 1. The lowest BCUT2D eigenvalue weighted by Crippen LogP contribution is -2.40. The maximum absolute atomic E-state index is 14.6. The normalized spacial score (nSPS) is 22.6. The van der Waals surface area contributed by atoms with Gasteiger partial charge < -0.3 is 15.2 Å². The van der Waals surface area contributed by atoms with Crippen LogP contribution in [0.4, 0.5) is 14.9 Å². The van der Waals surface area contributed by atoms with E-state index in [-0.39, 0.29) is 23.7 Å². The van der Waals surface area contributed by atoms with Gasteiger partial charge in [-0.05, 0) is 18.2 Å². The number of hydrogen-bond acceptors (Lipinski definition) is 8. The van der Waals surface area contributed by atoms with Crippen LogP contribution < -0.4 is 16.1 Å². The van der Waals surface area contributed by atoms with Gasteiger partial charge in [0.2, 0.25) is 0 Å². The summed E-state index contributed by atoms with van der Waals surface area (Å²) in [6.07, 6.45) is -1.05. The van der Waals surface area contributed by atoms with Crippen LogP contribution in [-0.4, -0.2) is 54.6 Å². The fourth-order valence-corrected chi connectivity index (χ4v) is 3.41. The number of ether oxygens (including phenoxy) is 2. The minimum Gasteiger partial charge on any atom is -0.468 e. The van der Waals surface area contributed by atoms with E-state index in [4.69, 9.17) is 10.5 Å². The molecule has 2 amide bonds. The Kier molecular flexibility index (Phi) is 5.09. The van der Waals surface area contributed by atoms with Crippen LogP contribution in [0.5, 0.6) is 0 Å². The first-order chi connectivity index (χ1) is 12.4. The topological polar surface area (TPSA) is 123 Å². The number of nitrogens with zero attached hydrogens (tertiary/aromatic N) is 2. The number of rotatable bonds is 4. The van der Waals surface area contributed by atoms with Gasteiger partial charge in [0.1, 0.15) is 17.0 Å². The first kappa shape index (κ1) is 18.1. The summed E-state index contributed by atoms with van der Waals surface area (Å²) >= 11 is 0.784. The summed E-state index contributed by atoms with van der Waals surface area (Å²) < 4.78 is 24.2. The molecule has 2 aliphatic heterocycles. The molecule has 0 bridgehead atoms. The van der Waals surface area contributed by atoms with Gasteiger partial charge in [-0.2, -0.15) is 5.10 Å². The standard InChI is InChI=1S/C15H15FN4O5S/c1-24-14(22)11-12(21)18-19-13(26-11)9-3-2-7(4-10(9)16)20-6-8(5-17)25-15(20)23/h2-4,8,11H,5-6,17H2,1H3,(H,18,21)/t8-,11?/m0/s1. The van der Waals surface area contributed by atoms with Crippen molar-refractivity contribution in [3.8, 4) is 0 Å². The van der Waals surface area contributed by atoms with Gasteiger partial charge in [0, 0.05) is 12.1 Å². The van der Waals surface area contributed by atoms with Crippen molar-refractivity contribution in [2.45, 2.75) is 11.4 Å². The first-order valence-electron chi connectivity index (χ1n) is 7.54. The Balaban J connectivity index is 1.83. The number of hydrazone groups is 1. The summed E-state index contributed by atoms with van der Waals surface area (Å²) in [5, 5.41) is 2.73. The van der Waals surface area contributed by atoms with Crippen LogP contribution in [0.15, 0.2) is 23.3 Å². The van der Waals surface area contributed by atoms with Crippen LogP contribution in [0, 0.1) is 5.82 Å². The van der Waals surface area contributed by atoms with Gasteiger partial charge in [-0.3, -0.25) is 14.5 Å². The zero-order valence-electron chi connectivity index (χ0n) is 13.6. The summed E-state index contributed by atoms with van der Waals surface area (Å²) in [4.78, 5) is 36.4. The van der Waals surface area contributed by atoms with E-state index in [1.165, 1.54) is 17.0 Å². The Morgan fingerprint density at radius 3 is 2.92 bits per heavy atom. The average molecular weight is 382 g/mol. The molecule has 138 valence electrons. The molecular weight excluding hydrogens is 367 g/mol. The van der Waals surface area contributed by atoms with Crippen LogP contribution >= 0.6 is 11.8 Å². The Bertz CT molecular complexity index is 802. The van der Waals surface area contributed by atoms with Crippen molar-refractivity contribution in [2.75, 3.05) is 25.1 Å². The number of thioether (sulfide) groups is 1. The molecule has 3 rings (SSSR count). The molecule has 0 aliphatic carbocycles. The third kappa shape index (κ3) is 3.35. The highest BCUT2D eigenvalue weighted by atomic mass is 32.2. The fraction of sp³-hybridized carbons (Fsp3) is 0.333. The van der Waals surface area contributed by atoms with Crippen molar-refractivity contribution in [2.24, 2.45) is 10.8 Å². The van der Waals surface area contributed by atoms with Gasteiger partial charge in [-0.15, -0.1) is 0 Å². The predicted octanol–water partition coefficient (Wildman–Crippen LogP) is 0.176. The van der Waals surface area contributed by atoms with Crippen molar-refractivity contribution in [1.29, 1.82) is 0 Å². The molecule has 2 aliphatic rings. The second-order valence-electron chi connectivity index (χ2n) is 5.43. The first-order valence-corrected chi connectivity index (χ1v) is 8.42. The molecule has 11 heteroatoms. The number of carbonyl (C=O) groups excluding carboxylic acids is 3. The van der Waals surface area contributed by atoms with Gasteiger partial charge in [0.25, 0.3) is 5.91 Å². The van der Waals surface area contributed by atoms with Gasteiger partial charge in [-0.1, -0.05) is 11.8 Å². The number of carbonyl (C=O) groups is 3. The number of cyclic esters (lactones) is 1. The highest BCUT2D eigenvalue weighted by Gasteiger charge is 2.35. The van der Waals surface area contributed by atoms with Gasteiger partial charge in [0.05, 0.1) is 19.3 Å². The van der Waals surface area contributed by atoms with Crippen LogP contribution in [0.3, 0.4) is 0 Å². The van der Waals surface area contributed by atoms with Crippen LogP contribution in [0.2, 0.25) is 0 Å². The van der Waals surface area contributed by atoms with Gasteiger partial charge in [0.15, 0.2) is 5.25 Å². The summed E-state index contributed by atoms with van der Waals surface area (Å²) in [5.74, 6) is -2.07. The Labute approximate surface area is 151 Å². The number of methoxy groups -OCH3 is 1. The third-order valence-corrected chi connectivity index (χ3v) is 4.96. The number of halogens is 1. The Morgan fingerprint density at radius 2 is 2.31 bits per heavy atom. The predicted molar refractivity (Wildman–Crippen MR) is 91.1 cm³/mol. The molecule has 9 nitrogen and oxygen atoms in total. The van der Waals surface area contributed by atoms with Crippen LogP contribution in [0.1, 0.15) is 5.56 Å². The molecule has 2 heterocycles. The molecule has 0 spiro atoms. The zero-order valence-corrected chi connectivity index (χ0v) is 14.4. The molecule has 1 aromatic rings. The second kappa shape index (κ2) is 7.30. The molecular formula is C15H15FN4O5S. The molecule has 0 radical (unpaired) electrons. The van der Waals surface area contributed by atoms with E-state index < -0.39 is 35.1 Å². The monoisotopic (exact) mass is 382 g/mol. The number of esters is 1. The lowest BCUT2D eigenvalue weighted by molar-refractivity contribution is -0.143. The lowest BCUT2D eigenvalue weighted by Gasteiger charge is -2.20. The van der Waals surface area contributed by atoms with Gasteiger partial charge in [-0.25, -0.2) is 14.6 Å². The quantitative estimate of drug-likeness (QED) is 0.562. The van der Waals surface area contributed by atoms with Crippen LogP contribution in [-0.2, 0) is 19.1 Å². The second-order valence-corrected chi connectivity index (χ2v) is 6.52. The molecule has 26 heavy (non-hydrogen) atoms. The van der Waals surface area contributed by atoms with Gasteiger partial charge >= 0.3 is 12.1 Å². The van der Waals surface area contributed by atoms with E-state index >= 15 is 0 Å². The molecule has 1 unspecified atom stereocenters. The molecule has 1 aromatic carbocycles. The summed E-state index contributed by atoms with van der Waals surface area (Å²) in [6.45, 7) is 0.398. The summed E-state index contributed by atoms with van der Waals surface area (Å²) in [7, 11) is 1.15. The highest BCUT2D eigenvalue weighted by Crippen LogP contribution is 2.28. The van der Waals surface area contributed by atoms with Crippen molar-refractivity contribution >= 4 is 40.5 Å². The fourth-order valence-electron chi connectivity index (χ4n) is 2.44. The minimum absolute atomic E-state index is 0.0793. The van der Waals surface area contributed by atoms with Crippen molar-refractivity contribution in [1.82, 2.24) is 5.43 Å². The Hall–Kier alpha value is -2.66. The van der Waals surface area contributed by atoms with E-state index in [2.05, 4.69) is 15.3 Å². The number of benzene rings is 1. The minimum atomic E-state index is -1.18. The van der Waals surface area contributed by atoms with E-state index in [9.17, 15) is 18.8 Å². The number of amides is 2. The zero-order chi connectivity index (χ0) is 18.8. The molecule has 1 saturated heterocycles. The lowest BCUT2D eigenvalue weighted by atomic mass is 10.2. The van der Waals surface area contributed by atoms with Crippen molar-refractivity contribution in [3.63, 3.8) is 0 Å². The molecule has 3 N–H and O–H groups in total. The van der Waals surface area contributed by atoms with E-state index in [1.807, 2.05) is 0 Å². The van der Waals surface area contributed by atoms with Crippen molar-refractivity contribution < 1.29 is 28.2 Å². The molecule has 1 fully saturated rings. The number of nitrogens with two attached hydrogens (primary N) is 1.